The van der Waals surface area contributed by atoms with Crippen molar-refractivity contribution in [1.29, 1.82) is 0 Å². The van der Waals surface area contributed by atoms with E-state index in [1.807, 2.05) is 4.90 Å². The highest BCUT2D eigenvalue weighted by Crippen LogP contribution is 2.32. The number of piperidine rings is 1. The van der Waals surface area contributed by atoms with Gasteiger partial charge in [-0.3, -0.25) is 4.79 Å². The lowest BCUT2D eigenvalue weighted by Gasteiger charge is -2.33. The fourth-order valence-electron chi connectivity index (χ4n) is 3.11. The van der Waals surface area contributed by atoms with E-state index in [2.05, 4.69) is 6.07 Å². The fraction of sp³-hybridized carbons (Fsp3) is 0.316. The molecule has 1 aliphatic rings. The van der Waals surface area contributed by atoms with E-state index >= 15 is 0 Å². The molecule has 0 aliphatic carbocycles. The number of nitrogens with two attached hydrogens (primary N) is 1. The van der Waals surface area contributed by atoms with Crippen molar-refractivity contribution in [2.45, 2.75) is 19.0 Å². The molecule has 6 heteroatoms. The van der Waals surface area contributed by atoms with Crippen LogP contribution in [0.25, 0.3) is 0 Å². The summed E-state index contributed by atoms with van der Waals surface area (Å²) in [5.74, 6) is -0.0791. The molecular formula is C19H18F3N2O. The number of anilines is 2. The first-order chi connectivity index (χ1) is 11.9. The Kier molecular flexibility index (Phi) is 4.70. The summed E-state index contributed by atoms with van der Waals surface area (Å²) < 4.78 is 37.8. The van der Waals surface area contributed by atoms with Gasteiger partial charge in [-0.2, -0.15) is 13.2 Å². The Hall–Kier alpha value is -2.50. The van der Waals surface area contributed by atoms with Crippen molar-refractivity contribution in [3.8, 4) is 0 Å². The van der Waals surface area contributed by atoms with Gasteiger partial charge in [0, 0.05) is 42.0 Å². The van der Waals surface area contributed by atoms with Crippen LogP contribution in [0.1, 0.15) is 28.8 Å². The number of halogens is 3. The summed E-state index contributed by atoms with van der Waals surface area (Å²) in [6, 6.07) is 13.2. The summed E-state index contributed by atoms with van der Waals surface area (Å²) in [6.07, 6.45) is -3.08. The van der Waals surface area contributed by atoms with Crippen LogP contribution in [0.4, 0.5) is 24.5 Å². The summed E-state index contributed by atoms with van der Waals surface area (Å²) >= 11 is 0. The van der Waals surface area contributed by atoms with Crippen LogP contribution in [-0.4, -0.2) is 18.9 Å². The minimum absolute atomic E-state index is 0.0362. The Morgan fingerprint density at radius 1 is 1.12 bits per heavy atom. The van der Waals surface area contributed by atoms with Gasteiger partial charge in [0.2, 0.25) is 0 Å². The quantitative estimate of drug-likeness (QED) is 0.669. The molecule has 0 unspecified atom stereocenters. The third kappa shape index (κ3) is 3.78. The third-order valence-electron chi connectivity index (χ3n) is 4.56. The van der Waals surface area contributed by atoms with Crippen LogP contribution in [0.15, 0.2) is 42.5 Å². The second-order valence-corrected chi connectivity index (χ2v) is 6.17. The van der Waals surface area contributed by atoms with Crippen molar-refractivity contribution in [3.63, 3.8) is 0 Å². The topological polar surface area (TPSA) is 46.3 Å². The molecule has 1 heterocycles. The molecule has 0 spiro atoms. The lowest BCUT2D eigenvalue weighted by Crippen LogP contribution is -2.36. The number of carbonyl (C=O) groups excluding carboxylic acids is 1. The minimum Gasteiger partial charge on any atom is -0.398 e. The maximum absolute atomic E-state index is 12.6. The van der Waals surface area contributed by atoms with Gasteiger partial charge in [-0.1, -0.05) is 12.1 Å². The largest absolute Gasteiger partial charge is 0.416 e. The van der Waals surface area contributed by atoms with Gasteiger partial charge in [0.15, 0.2) is 5.78 Å². The van der Waals surface area contributed by atoms with Crippen LogP contribution >= 0.6 is 0 Å². The number of rotatable bonds is 3. The van der Waals surface area contributed by atoms with Crippen LogP contribution in [0.3, 0.4) is 0 Å². The van der Waals surface area contributed by atoms with E-state index in [4.69, 9.17) is 5.73 Å². The molecule has 0 amide bonds. The molecular weight excluding hydrogens is 329 g/mol. The fourth-order valence-corrected chi connectivity index (χ4v) is 3.11. The molecule has 2 aromatic carbocycles. The Bertz CT molecular complexity index is 748. The van der Waals surface area contributed by atoms with Crippen LogP contribution in [0, 0.1) is 12.0 Å². The van der Waals surface area contributed by atoms with Crippen LogP contribution in [0.2, 0.25) is 0 Å². The molecule has 131 valence electrons. The summed E-state index contributed by atoms with van der Waals surface area (Å²) in [5.41, 5.74) is 6.80. The van der Waals surface area contributed by atoms with Gasteiger partial charge in [-0.25, -0.2) is 0 Å². The van der Waals surface area contributed by atoms with E-state index in [1.54, 1.807) is 24.3 Å². The number of carbonyl (C=O) groups is 1. The molecule has 3 nitrogen and oxygen atoms in total. The first kappa shape index (κ1) is 17.3. The maximum Gasteiger partial charge on any atom is 0.416 e. The van der Waals surface area contributed by atoms with E-state index in [-0.39, 0.29) is 11.7 Å². The van der Waals surface area contributed by atoms with Gasteiger partial charge in [-0.05, 0) is 43.2 Å². The van der Waals surface area contributed by atoms with Gasteiger partial charge in [0.25, 0.3) is 0 Å². The van der Waals surface area contributed by atoms with Gasteiger partial charge < -0.3 is 10.6 Å². The Labute approximate surface area is 144 Å². The smallest absolute Gasteiger partial charge is 0.398 e. The zero-order valence-corrected chi connectivity index (χ0v) is 13.5. The number of alkyl halides is 3. The highest BCUT2D eigenvalue weighted by atomic mass is 19.4. The Morgan fingerprint density at radius 2 is 1.80 bits per heavy atom. The van der Waals surface area contributed by atoms with Crippen molar-refractivity contribution in [2.24, 2.45) is 5.92 Å². The molecule has 0 aromatic heterocycles. The zero-order chi connectivity index (χ0) is 18.0. The van der Waals surface area contributed by atoms with E-state index in [9.17, 15) is 18.0 Å². The molecule has 1 fully saturated rings. The van der Waals surface area contributed by atoms with Crippen molar-refractivity contribution in [2.75, 3.05) is 23.7 Å². The van der Waals surface area contributed by atoms with Crippen molar-refractivity contribution < 1.29 is 18.0 Å². The predicted octanol–water partition coefficient (Wildman–Crippen LogP) is 4.19. The van der Waals surface area contributed by atoms with Gasteiger partial charge in [-0.15, -0.1) is 0 Å². The van der Waals surface area contributed by atoms with E-state index in [0.717, 1.165) is 12.1 Å². The molecule has 25 heavy (non-hydrogen) atoms. The third-order valence-corrected chi connectivity index (χ3v) is 4.56. The summed E-state index contributed by atoms with van der Waals surface area (Å²) in [6.45, 7) is 1.20. The minimum atomic E-state index is -4.36. The average Bonchev–Trinajstić information content (AvgIpc) is 2.61. The standard InChI is InChI=1S/C19H18F3N2O/c20-19(21,22)14-5-7-15(8-6-14)24-11-9-13(10-12-24)18(25)16-3-1-2-4-17(16)23/h1-7,13H,9-12,23H2. The second-order valence-electron chi connectivity index (χ2n) is 6.17. The van der Waals surface area contributed by atoms with Crippen LogP contribution < -0.4 is 10.6 Å². The number of para-hydroxylation sites is 1. The van der Waals surface area contributed by atoms with Crippen molar-refractivity contribution in [1.82, 2.24) is 0 Å². The van der Waals surface area contributed by atoms with Crippen LogP contribution in [0.5, 0.6) is 0 Å². The second kappa shape index (κ2) is 6.78. The number of Topliss-reactive ketones (excluding diaryl/α,β-unsaturated/α-hetero) is 1. The number of ketones is 1. The monoisotopic (exact) mass is 347 g/mol. The number of nitrogen functional groups attached to an aromatic ring is 1. The molecule has 0 saturated carbocycles. The number of hydrogen-bond acceptors (Lipinski definition) is 3. The molecule has 0 atom stereocenters. The van der Waals surface area contributed by atoms with Gasteiger partial charge >= 0.3 is 6.18 Å². The number of nitrogens with zero attached hydrogens (tertiary/aromatic N) is 1. The van der Waals surface area contributed by atoms with E-state index < -0.39 is 11.7 Å². The van der Waals surface area contributed by atoms with Crippen molar-refractivity contribution in [3.05, 3.63) is 59.7 Å². The van der Waals surface area contributed by atoms with Gasteiger partial charge in [0.1, 0.15) is 0 Å². The molecule has 0 bridgehead atoms. The molecule has 1 aliphatic heterocycles. The first-order valence-electron chi connectivity index (χ1n) is 8.09. The zero-order valence-electron chi connectivity index (χ0n) is 13.5. The lowest BCUT2D eigenvalue weighted by atomic mass is 9.88. The molecule has 1 saturated heterocycles. The van der Waals surface area contributed by atoms with E-state index in [0.29, 0.717) is 42.9 Å². The summed E-state index contributed by atoms with van der Waals surface area (Å²) in [4.78, 5) is 14.5. The first-order valence-corrected chi connectivity index (χ1v) is 8.09. The summed E-state index contributed by atoms with van der Waals surface area (Å²) in [5, 5.41) is 0. The van der Waals surface area contributed by atoms with Crippen molar-refractivity contribution >= 4 is 17.2 Å². The predicted molar refractivity (Wildman–Crippen MR) is 90.4 cm³/mol. The molecule has 2 N–H and O–H groups in total. The SMILES string of the molecule is Nc1ccccc1C(=O)C1CCN(c2[c]cc(C(F)(F)F)cc2)CC1. The average molecular weight is 347 g/mol. The highest BCUT2D eigenvalue weighted by molar-refractivity contribution is 6.02. The maximum atomic E-state index is 12.6. The Morgan fingerprint density at radius 3 is 2.36 bits per heavy atom. The number of hydrogen-bond donors (Lipinski definition) is 1. The van der Waals surface area contributed by atoms with Gasteiger partial charge in [0.05, 0.1) is 5.56 Å². The lowest BCUT2D eigenvalue weighted by molar-refractivity contribution is -0.137. The highest BCUT2D eigenvalue weighted by Gasteiger charge is 2.31. The molecule has 3 rings (SSSR count). The molecule has 2 aromatic rings. The normalized spacial score (nSPS) is 16.0. The summed E-state index contributed by atoms with van der Waals surface area (Å²) in [7, 11) is 0. The van der Waals surface area contributed by atoms with Crippen LogP contribution in [-0.2, 0) is 6.18 Å². The molecule has 1 radical (unpaired) electrons. The van der Waals surface area contributed by atoms with E-state index in [1.165, 1.54) is 6.07 Å². The Balaban J connectivity index is 1.64. The number of benzene rings is 2.